The SMILES string of the molecule is CCOC(=O)C1=C(C)NC(=O)N[C@H]1c1ccc(OCC(=O)N/N=C/c2cc([N+](=O)[O-])c(O)c([N+](=O)[O-])c2)c(OC)c1. The van der Waals surface area contributed by atoms with Gasteiger partial charge in [0.1, 0.15) is 0 Å². The fourth-order valence-electron chi connectivity index (χ4n) is 3.74. The van der Waals surface area contributed by atoms with Crippen LogP contribution < -0.4 is 25.5 Å². The lowest BCUT2D eigenvalue weighted by molar-refractivity contribution is -0.396. The second-order valence-electron chi connectivity index (χ2n) is 8.20. The molecule has 0 saturated carbocycles. The van der Waals surface area contributed by atoms with Crippen LogP contribution >= 0.6 is 0 Å². The van der Waals surface area contributed by atoms with E-state index in [-0.39, 0.29) is 29.2 Å². The number of urea groups is 1. The van der Waals surface area contributed by atoms with Gasteiger partial charge in [0.05, 0.1) is 41.4 Å². The second kappa shape index (κ2) is 12.9. The topological polar surface area (TPSA) is 234 Å². The van der Waals surface area contributed by atoms with Gasteiger partial charge in [0.2, 0.25) is 0 Å². The third kappa shape index (κ3) is 7.02. The minimum absolute atomic E-state index is 0.129. The van der Waals surface area contributed by atoms with Crippen molar-refractivity contribution in [1.29, 1.82) is 0 Å². The summed E-state index contributed by atoms with van der Waals surface area (Å²) in [7, 11) is 1.35. The van der Waals surface area contributed by atoms with Gasteiger partial charge in [-0.3, -0.25) is 25.0 Å². The maximum absolute atomic E-state index is 12.5. The number of methoxy groups -OCH3 is 1. The normalized spacial score (nSPS) is 14.6. The standard InChI is InChI=1S/C24H24N6O11/c1-4-40-23(33)20-12(2)26-24(34)27-21(20)14-5-6-17(18(9-14)39-3)41-11-19(31)28-25-10-13-7-15(29(35)36)22(32)16(8-13)30(37)38/h5-10,21,32H,4,11H2,1-3H3,(H,28,31)(H2,26,27,34)/b25-10+/t21-/m0/s1. The molecule has 4 N–H and O–H groups in total. The summed E-state index contributed by atoms with van der Waals surface area (Å²) >= 11 is 0. The van der Waals surface area contributed by atoms with E-state index in [1.807, 2.05) is 0 Å². The number of nitrogens with zero attached hydrogens (tertiary/aromatic N) is 3. The number of amides is 3. The van der Waals surface area contributed by atoms with Crippen molar-refractivity contribution < 1.29 is 43.5 Å². The quantitative estimate of drug-likeness (QED) is 0.131. The fourth-order valence-corrected chi connectivity index (χ4v) is 3.74. The number of aromatic hydroxyl groups is 1. The van der Waals surface area contributed by atoms with Crippen LogP contribution in [0.3, 0.4) is 0 Å². The second-order valence-corrected chi connectivity index (χ2v) is 8.20. The van der Waals surface area contributed by atoms with E-state index in [0.29, 0.717) is 11.3 Å². The highest BCUT2D eigenvalue weighted by Gasteiger charge is 2.32. The van der Waals surface area contributed by atoms with Crippen LogP contribution in [0.15, 0.2) is 46.7 Å². The van der Waals surface area contributed by atoms with Gasteiger partial charge < -0.3 is 30.0 Å². The molecule has 0 fully saturated rings. The largest absolute Gasteiger partial charge is 0.497 e. The third-order valence-corrected chi connectivity index (χ3v) is 5.53. The van der Waals surface area contributed by atoms with Crippen LogP contribution in [0.4, 0.5) is 16.2 Å². The van der Waals surface area contributed by atoms with Crippen molar-refractivity contribution >= 4 is 35.5 Å². The van der Waals surface area contributed by atoms with Gasteiger partial charge in [-0.15, -0.1) is 0 Å². The number of hydrogen-bond acceptors (Lipinski definition) is 12. The van der Waals surface area contributed by atoms with Crippen molar-refractivity contribution in [3.8, 4) is 17.2 Å². The Morgan fingerprint density at radius 1 is 1.15 bits per heavy atom. The third-order valence-electron chi connectivity index (χ3n) is 5.53. The Labute approximate surface area is 231 Å². The number of nitrogens with one attached hydrogen (secondary N) is 3. The van der Waals surface area contributed by atoms with Crippen molar-refractivity contribution in [2.45, 2.75) is 19.9 Å². The molecule has 3 rings (SSSR count). The van der Waals surface area contributed by atoms with Crippen LogP contribution in [-0.2, 0) is 14.3 Å². The highest BCUT2D eigenvalue weighted by atomic mass is 16.6. The van der Waals surface area contributed by atoms with Crippen molar-refractivity contribution in [2.24, 2.45) is 5.10 Å². The van der Waals surface area contributed by atoms with Crippen molar-refractivity contribution in [3.05, 3.63) is 73.0 Å². The summed E-state index contributed by atoms with van der Waals surface area (Å²) in [6, 6.07) is 4.85. The lowest BCUT2D eigenvalue weighted by Gasteiger charge is -2.28. The Hall–Kier alpha value is -5.74. The highest BCUT2D eigenvalue weighted by Crippen LogP contribution is 2.36. The summed E-state index contributed by atoms with van der Waals surface area (Å²) in [5.74, 6) is -2.17. The minimum Gasteiger partial charge on any atom is -0.497 e. The number of rotatable bonds is 11. The maximum Gasteiger partial charge on any atom is 0.338 e. The van der Waals surface area contributed by atoms with Crippen molar-refractivity contribution in [2.75, 3.05) is 20.3 Å². The van der Waals surface area contributed by atoms with E-state index in [4.69, 9.17) is 14.2 Å². The van der Waals surface area contributed by atoms with Crippen LogP contribution in [0.25, 0.3) is 0 Å². The highest BCUT2D eigenvalue weighted by molar-refractivity contribution is 5.95. The van der Waals surface area contributed by atoms with E-state index in [9.17, 15) is 39.7 Å². The smallest absolute Gasteiger partial charge is 0.338 e. The van der Waals surface area contributed by atoms with Gasteiger partial charge in [-0.25, -0.2) is 15.0 Å². The zero-order valence-electron chi connectivity index (χ0n) is 21.8. The van der Waals surface area contributed by atoms with Crippen molar-refractivity contribution in [3.63, 3.8) is 0 Å². The number of allylic oxidation sites excluding steroid dienone is 1. The number of nitro benzene ring substituents is 2. The summed E-state index contributed by atoms with van der Waals surface area (Å²) in [4.78, 5) is 56.9. The van der Waals surface area contributed by atoms with Gasteiger partial charge in [0.15, 0.2) is 18.1 Å². The minimum atomic E-state index is -1.11. The molecule has 17 nitrogen and oxygen atoms in total. The first-order valence-corrected chi connectivity index (χ1v) is 11.7. The molecule has 2 aromatic rings. The van der Waals surface area contributed by atoms with E-state index < -0.39 is 57.5 Å². The number of phenolic OH excluding ortho intramolecular Hbond substituents is 1. The Balaban J connectivity index is 1.71. The van der Waals surface area contributed by atoms with Gasteiger partial charge in [0.25, 0.3) is 11.7 Å². The Morgan fingerprint density at radius 2 is 1.80 bits per heavy atom. The fraction of sp³-hybridized carbons (Fsp3) is 0.250. The van der Waals surface area contributed by atoms with Gasteiger partial charge in [-0.05, 0) is 31.5 Å². The zero-order valence-corrected chi connectivity index (χ0v) is 21.8. The van der Waals surface area contributed by atoms with E-state index in [1.165, 1.54) is 19.2 Å². The Kier molecular flexibility index (Phi) is 9.36. The number of ether oxygens (including phenoxy) is 3. The van der Waals surface area contributed by atoms with Crippen LogP contribution in [0.2, 0.25) is 0 Å². The Morgan fingerprint density at radius 3 is 2.39 bits per heavy atom. The van der Waals surface area contributed by atoms with Crippen LogP contribution in [0, 0.1) is 20.2 Å². The molecule has 0 saturated heterocycles. The number of phenols is 1. The molecular weight excluding hydrogens is 548 g/mol. The summed E-state index contributed by atoms with van der Waals surface area (Å²) in [6.07, 6.45) is 0.913. The van der Waals surface area contributed by atoms with Crippen molar-refractivity contribution in [1.82, 2.24) is 16.1 Å². The number of nitro groups is 2. The van der Waals surface area contributed by atoms with Gasteiger partial charge in [-0.1, -0.05) is 6.07 Å². The molecule has 0 unspecified atom stereocenters. The first-order valence-electron chi connectivity index (χ1n) is 11.7. The molecule has 1 aliphatic heterocycles. The van der Waals surface area contributed by atoms with Crippen LogP contribution in [0.1, 0.15) is 31.0 Å². The number of carbonyl (C=O) groups excluding carboxylic acids is 3. The zero-order chi connectivity index (χ0) is 30.3. The molecule has 41 heavy (non-hydrogen) atoms. The lowest BCUT2D eigenvalue weighted by Crippen LogP contribution is -2.45. The Bertz CT molecular complexity index is 1430. The molecular formula is C24H24N6O11. The number of hydrogen-bond donors (Lipinski definition) is 4. The average Bonchev–Trinajstić information content (AvgIpc) is 2.91. The number of carbonyl (C=O) groups is 3. The van der Waals surface area contributed by atoms with E-state index >= 15 is 0 Å². The van der Waals surface area contributed by atoms with E-state index in [0.717, 1.165) is 18.3 Å². The summed E-state index contributed by atoms with van der Waals surface area (Å²) < 4.78 is 15.9. The summed E-state index contributed by atoms with van der Waals surface area (Å²) in [6.45, 7) is 2.80. The summed E-state index contributed by atoms with van der Waals surface area (Å²) in [5.41, 5.74) is 1.15. The number of esters is 1. The molecule has 17 heteroatoms. The first kappa shape index (κ1) is 29.8. The summed E-state index contributed by atoms with van der Waals surface area (Å²) in [5, 5.41) is 40.6. The molecule has 0 spiro atoms. The number of hydrazone groups is 1. The molecule has 216 valence electrons. The van der Waals surface area contributed by atoms with Crippen LogP contribution in [0.5, 0.6) is 17.2 Å². The van der Waals surface area contributed by atoms with Gasteiger partial charge >= 0.3 is 23.4 Å². The molecule has 1 aliphatic rings. The molecule has 3 amide bonds. The average molecular weight is 572 g/mol. The number of benzene rings is 2. The lowest BCUT2D eigenvalue weighted by atomic mass is 9.95. The molecule has 0 aromatic heterocycles. The predicted octanol–water partition coefficient (Wildman–Crippen LogP) is 1.94. The molecule has 1 heterocycles. The van der Waals surface area contributed by atoms with Crippen LogP contribution in [-0.4, -0.2) is 59.4 Å². The first-order chi connectivity index (χ1) is 19.5. The molecule has 1 atom stereocenters. The molecule has 2 aromatic carbocycles. The van der Waals surface area contributed by atoms with E-state index in [1.54, 1.807) is 19.9 Å². The monoisotopic (exact) mass is 572 g/mol. The molecule has 0 aliphatic carbocycles. The maximum atomic E-state index is 12.5. The predicted molar refractivity (Wildman–Crippen MR) is 139 cm³/mol. The molecule has 0 radical (unpaired) electrons. The van der Waals surface area contributed by atoms with Gasteiger partial charge in [-0.2, -0.15) is 5.10 Å². The van der Waals surface area contributed by atoms with E-state index in [2.05, 4.69) is 21.2 Å². The van der Waals surface area contributed by atoms with Gasteiger partial charge in [0, 0.05) is 23.4 Å². The molecule has 0 bridgehead atoms.